The number of piperazine rings is 1. The Morgan fingerprint density at radius 1 is 0.964 bits per heavy atom. The number of anilines is 1. The number of pyridine rings is 1. The van der Waals surface area contributed by atoms with E-state index in [-0.39, 0.29) is 5.91 Å². The lowest BCUT2D eigenvalue weighted by molar-refractivity contribution is 0.0746. The zero-order valence-electron chi connectivity index (χ0n) is 15.7. The number of hydrogen-bond donors (Lipinski definition) is 0. The summed E-state index contributed by atoms with van der Waals surface area (Å²) in [6.45, 7) is 2.78. The van der Waals surface area contributed by atoms with Crippen LogP contribution in [0.25, 0.3) is 11.3 Å². The Balaban J connectivity index is 1.44. The number of benzene rings is 1. The van der Waals surface area contributed by atoms with Crippen LogP contribution in [0.1, 0.15) is 10.4 Å². The molecule has 1 amide bonds. The molecule has 0 spiro atoms. The highest BCUT2D eigenvalue weighted by Crippen LogP contribution is 2.24. The minimum atomic E-state index is 0.0451. The van der Waals surface area contributed by atoms with Gasteiger partial charge in [0.1, 0.15) is 17.9 Å². The first kappa shape index (κ1) is 17.9. The fourth-order valence-electron chi connectivity index (χ4n) is 3.26. The normalized spacial score (nSPS) is 14.0. The molecule has 0 unspecified atom stereocenters. The third-order valence-electron chi connectivity index (χ3n) is 4.86. The summed E-state index contributed by atoms with van der Waals surface area (Å²) < 4.78 is 5.21. The van der Waals surface area contributed by atoms with Gasteiger partial charge < -0.3 is 14.5 Å². The molecule has 142 valence electrons. The summed E-state index contributed by atoms with van der Waals surface area (Å²) in [5.41, 5.74) is 2.55. The van der Waals surface area contributed by atoms with Gasteiger partial charge in [0.05, 0.1) is 12.8 Å². The van der Waals surface area contributed by atoms with Crippen LogP contribution in [-0.2, 0) is 0 Å². The van der Waals surface area contributed by atoms with Gasteiger partial charge in [-0.3, -0.25) is 9.78 Å². The molecule has 7 heteroatoms. The van der Waals surface area contributed by atoms with Gasteiger partial charge in [0.15, 0.2) is 0 Å². The summed E-state index contributed by atoms with van der Waals surface area (Å²) in [4.78, 5) is 29.4. The maximum Gasteiger partial charge on any atom is 0.254 e. The van der Waals surface area contributed by atoms with E-state index < -0.39 is 0 Å². The molecule has 1 fully saturated rings. The molecule has 0 atom stereocenters. The van der Waals surface area contributed by atoms with Crippen molar-refractivity contribution in [3.05, 3.63) is 66.7 Å². The van der Waals surface area contributed by atoms with E-state index in [0.29, 0.717) is 18.7 Å². The Morgan fingerprint density at radius 3 is 2.36 bits per heavy atom. The number of ether oxygens (including phenoxy) is 1. The number of amides is 1. The van der Waals surface area contributed by atoms with E-state index >= 15 is 0 Å². The van der Waals surface area contributed by atoms with Crippen molar-refractivity contribution < 1.29 is 9.53 Å². The minimum absolute atomic E-state index is 0.0451. The lowest BCUT2D eigenvalue weighted by atomic mass is 10.1. The van der Waals surface area contributed by atoms with Gasteiger partial charge >= 0.3 is 0 Å². The molecular formula is C21H21N5O2. The fraction of sp³-hybridized carbons (Fsp3) is 0.238. The molecule has 4 rings (SSSR count). The predicted octanol–water partition coefficient (Wildman–Crippen LogP) is 2.51. The molecule has 0 radical (unpaired) electrons. The van der Waals surface area contributed by atoms with E-state index in [1.165, 1.54) is 0 Å². The highest BCUT2D eigenvalue weighted by atomic mass is 16.5. The van der Waals surface area contributed by atoms with Crippen molar-refractivity contribution in [3.8, 4) is 17.0 Å². The Hall–Kier alpha value is -3.48. The van der Waals surface area contributed by atoms with Crippen molar-refractivity contribution in [2.24, 2.45) is 0 Å². The van der Waals surface area contributed by atoms with Gasteiger partial charge in [-0.2, -0.15) is 0 Å². The molecule has 28 heavy (non-hydrogen) atoms. The van der Waals surface area contributed by atoms with Gasteiger partial charge in [0.25, 0.3) is 5.91 Å². The van der Waals surface area contributed by atoms with Gasteiger partial charge in [-0.1, -0.05) is 0 Å². The van der Waals surface area contributed by atoms with Crippen LogP contribution in [0, 0.1) is 0 Å². The second-order valence-electron chi connectivity index (χ2n) is 6.51. The summed E-state index contributed by atoms with van der Waals surface area (Å²) in [6.07, 6.45) is 4.87. The van der Waals surface area contributed by atoms with E-state index in [9.17, 15) is 4.79 Å². The highest BCUT2D eigenvalue weighted by Gasteiger charge is 2.23. The average Bonchev–Trinajstić information content (AvgIpc) is 2.79. The molecule has 1 aliphatic rings. The fourth-order valence-corrected chi connectivity index (χ4v) is 3.26. The molecule has 7 nitrogen and oxygen atoms in total. The number of hydrogen-bond acceptors (Lipinski definition) is 6. The van der Waals surface area contributed by atoms with Crippen LogP contribution in [0.4, 0.5) is 5.82 Å². The quantitative estimate of drug-likeness (QED) is 0.698. The second kappa shape index (κ2) is 8.04. The van der Waals surface area contributed by atoms with Crippen LogP contribution in [-0.4, -0.2) is 59.0 Å². The number of nitrogens with zero attached hydrogens (tertiary/aromatic N) is 5. The Labute approximate surface area is 163 Å². The Bertz CT molecular complexity index is 939. The standard InChI is InChI=1S/C21H21N5O2/c1-28-18-4-2-16(3-5-18)19-14-20(24-15-23-19)25-10-12-26(13-11-25)21(27)17-6-8-22-9-7-17/h2-9,14-15H,10-13H2,1H3. The maximum absolute atomic E-state index is 12.6. The third-order valence-corrected chi connectivity index (χ3v) is 4.86. The van der Waals surface area contributed by atoms with Crippen LogP contribution in [0.3, 0.4) is 0 Å². The van der Waals surface area contributed by atoms with Crippen LogP contribution >= 0.6 is 0 Å². The molecule has 3 aromatic rings. The van der Waals surface area contributed by atoms with Crippen molar-refractivity contribution in [3.63, 3.8) is 0 Å². The van der Waals surface area contributed by atoms with Crippen molar-refractivity contribution in [1.82, 2.24) is 19.9 Å². The zero-order chi connectivity index (χ0) is 19.3. The van der Waals surface area contributed by atoms with Crippen molar-refractivity contribution in [1.29, 1.82) is 0 Å². The van der Waals surface area contributed by atoms with E-state index in [1.54, 1.807) is 38.0 Å². The summed E-state index contributed by atoms with van der Waals surface area (Å²) >= 11 is 0. The average molecular weight is 375 g/mol. The largest absolute Gasteiger partial charge is 0.497 e. The molecule has 3 heterocycles. The van der Waals surface area contributed by atoms with Crippen molar-refractivity contribution >= 4 is 11.7 Å². The third kappa shape index (κ3) is 3.78. The second-order valence-corrected chi connectivity index (χ2v) is 6.51. The molecular weight excluding hydrogens is 354 g/mol. The molecule has 1 saturated heterocycles. The predicted molar refractivity (Wildman–Crippen MR) is 106 cm³/mol. The van der Waals surface area contributed by atoms with E-state index in [0.717, 1.165) is 35.9 Å². The Kier molecular flexibility index (Phi) is 5.14. The summed E-state index contributed by atoms with van der Waals surface area (Å²) in [5.74, 6) is 1.73. The molecule has 1 aromatic carbocycles. The SMILES string of the molecule is COc1ccc(-c2cc(N3CCN(C(=O)c4ccncc4)CC3)ncn2)cc1. The zero-order valence-corrected chi connectivity index (χ0v) is 15.7. The topological polar surface area (TPSA) is 71.5 Å². The maximum atomic E-state index is 12.6. The molecule has 0 saturated carbocycles. The molecule has 0 bridgehead atoms. The van der Waals surface area contributed by atoms with Gasteiger partial charge in [0.2, 0.25) is 0 Å². The summed E-state index contributed by atoms with van der Waals surface area (Å²) in [6, 6.07) is 13.3. The van der Waals surface area contributed by atoms with Gasteiger partial charge in [-0.25, -0.2) is 9.97 Å². The van der Waals surface area contributed by atoms with Gasteiger partial charge in [-0.05, 0) is 36.4 Å². The monoisotopic (exact) mass is 375 g/mol. The lowest BCUT2D eigenvalue weighted by Gasteiger charge is -2.35. The number of rotatable bonds is 4. The number of methoxy groups -OCH3 is 1. The van der Waals surface area contributed by atoms with E-state index in [2.05, 4.69) is 19.9 Å². The van der Waals surface area contributed by atoms with Crippen LogP contribution in [0.15, 0.2) is 61.2 Å². The highest BCUT2D eigenvalue weighted by molar-refractivity contribution is 5.94. The van der Waals surface area contributed by atoms with Crippen LogP contribution in [0.5, 0.6) is 5.75 Å². The number of aromatic nitrogens is 3. The van der Waals surface area contributed by atoms with Gasteiger partial charge in [0, 0.05) is 55.8 Å². The number of carbonyl (C=O) groups is 1. The van der Waals surface area contributed by atoms with Crippen LogP contribution in [0.2, 0.25) is 0 Å². The van der Waals surface area contributed by atoms with Crippen LogP contribution < -0.4 is 9.64 Å². The number of carbonyl (C=O) groups excluding carboxylic acids is 1. The first-order chi connectivity index (χ1) is 13.7. The molecule has 0 aliphatic carbocycles. The molecule has 2 aromatic heterocycles. The first-order valence-corrected chi connectivity index (χ1v) is 9.15. The Morgan fingerprint density at radius 2 is 1.68 bits per heavy atom. The van der Waals surface area contributed by atoms with E-state index in [1.807, 2.05) is 35.2 Å². The minimum Gasteiger partial charge on any atom is -0.497 e. The summed E-state index contributed by atoms with van der Waals surface area (Å²) in [7, 11) is 1.65. The lowest BCUT2D eigenvalue weighted by Crippen LogP contribution is -2.49. The van der Waals surface area contributed by atoms with Gasteiger partial charge in [-0.15, -0.1) is 0 Å². The van der Waals surface area contributed by atoms with E-state index in [4.69, 9.17) is 4.74 Å². The van der Waals surface area contributed by atoms with Crippen molar-refractivity contribution in [2.75, 3.05) is 38.2 Å². The summed E-state index contributed by atoms with van der Waals surface area (Å²) in [5, 5.41) is 0. The molecule has 0 N–H and O–H groups in total. The smallest absolute Gasteiger partial charge is 0.254 e. The first-order valence-electron chi connectivity index (χ1n) is 9.15. The molecule has 1 aliphatic heterocycles. The van der Waals surface area contributed by atoms with Crippen molar-refractivity contribution in [2.45, 2.75) is 0 Å².